The second-order valence-electron chi connectivity index (χ2n) is 8.78. The van der Waals surface area contributed by atoms with Crippen LogP contribution in [-0.2, 0) is 16.0 Å². The normalized spacial score (nSPS) is 16.0. The van der Waals surface area contributed by atoms with E-state index >= 15 is 0 Å². The van der Waals surface area contributed by atoms with Gasteiger partial charge in [0.25, 0.3) is 11.5 Å². The van der Waals surface area contributed by atoms with Gasteiger partial charge >= 0.3 is 5.97 Å². The molecular weight excluding hydrogens is 496 g/mol. The number of pyridine rings is 2. The number of hydrogen-bond acceptors (Lipinski definition) is 6. The molecule has 10 heteroatoms. The average Bonchev–Trinajstić information content (AvgIpc) is 3.40. The van der Waals surface area contributed by atoms with Crippen molar-refractivity contribution < 1.29 is 19.1 Å². The number of carbonyl (C=O) groups excluding carboxylic acids is 2. The van der Waals surface area contributed by atoms with E-state index in [1.54, 1.807) is 48.0 Å². The Morgan fingerprint density at radius 2 is 2.00 bits per heavy atom. The van der Waals surface area contributed by atoms with Crippen LogP contribution >= 0.6 is 11.6 Å². The van der Waals surface area contributed by atoms with E-state index in [0.717, 1.165) is 18.4 Å². The Morgan fingerprint density at radius 3 is 2.73 bits per heavy atom. The van der Waals surface area contributed by atoms with E-state index in [1.165, 1.54) is 10.5 Å². The molecule has 190 valence electrons. The van der Waals surface area contributed by atoms with Crippen LogP contribution in [0.1, 0.15) is 46.0 Å². The number of amides is 1. The van der Waals surface area contributed by atoms with Crippen molar-refractivity contribution in [1.82, 2.24) is 14.0 Å². The van der Waals surface area contributed by atoms with Crippen LogP contribution in [-0.4, -0.2) is 45.1 Å². The zero-order chi connectivity index (χ0) is 26.1. The van der Waals surface area contributed by atoms with Crippen molar-refractivity contribution in [1.29, 1.82) is 0 Å². The zero-order valence-electron chi connectivity index (χ0n) is 20.4. The summed E-state index contributed by atoms with van der Waals surface area (Å²) in [5.41, 5.74) is 1.42. The summed E-state index contributed by atoms with van der Waals surface area (Å²) in [4.78, 5) is 49.1. The van der Waals surface area contributed by atoms with Gasteiger partial charge in [-0.25, -0.2) is 9.78 Å². The molecule has 9 nitrogen and oxygen atoms in total. The summed E-state index contributed by atoms with van der Waals surface area (Å²) in [7, 11) is 0. The lowest BCUT2D eigenvalue weighted by Gasteiger charge is -2.18. The number of ether oxygens (including phenoxy) is 2. The van der Waals surface area contributed by atoms with Crippen LogP contribution in [0.15, 0.2) is 58.4 Å². The summed E-state index contributed by atoms with van der Waals surface area (Å²) in [6.07, 6.45) is 3.09. The van der Waals surface area contributed by atoms with Crippen LogP contribution in [0.25, 0.3) is 16.7 Å². The molecule has 0 unspecified atom stereocenters. The molecule has 37 heavy (non-hydrogen) atoms. The van der Waals surface area contributed by atoms with E-state index in [-0.39, 0.29) is 51.8 Å². The number of nitrogens with zero attached hydrogens (tertiary/aromatic N) is 4. The second kappa shape index (κ2) is 10.3. The molecule has 4 aromatic rings. The first kappa shape index (κ1) is 24.9. The number of aromatic nitrogens is 3. The quantitative estimate of drug-likeness (QED) is 0.293. The highest BCUT2D eigenvalue weighted by atomic mass is 35.5. The molecule has 1 amide bonds. The maximum absolute atomic E-state index is 13.6. The number of carbonyl (C=O) groups is 2. The molecule has 0 saturated carbocycles. The van der Waals surface area contributed by atoms with Crippen molar-refractivity contribution in [3.05, 3.63) is 86.2 Å². The Kier molecular flexibility index (Phi) is 6.90. The van der Waals surface area contributed by atoms with Crippen LogP contribution in [0.4, 0.5) is 0 Å². The number of aryl methyl sites for hydroxylation is 1. The first-order valence-corrected chi connectivity index (χ1v) is 12.4. The van der Waals surface area contributed by atoms with Gasteiger partial charge in [0.2, 0.25) is 0 Å². The van der Waals surface area contributed by atoms with Gasteiger partial charge in [0.1, 0.15) is 16.9 Å². The summed E-state index contributed by atoms with van der Waals surface area (Å²) in [6, 6.07) is 11.6. The lowest BCUT2D eigenvalue weighted by Crippen LogP contribution is -2.35. The summed E-state index contributed by atoms with van der Waals surface area (Å²) in [5, 5.41) is 0.437. The van der Waals surface area contributed by atoms with Crippen LogP contribution in [0.5, 0.6) is 0 Å². The van der Waals surface area contributed by atoms with Gasteiger partial charge in [0.05, 0.1) is 35.2 Å². The third-order valence-corrected chi connectivity index (χ3v) is 6.65. The zero-order valence-corrected chi connectivity index (χ0v) is 21.2. The van der Waals surface area contributed by atoms with Gasteiger partial charge in [-0.1, -0.05) is 29.8 Å². The Labute approximate surface area is 217 Å². The van der Waals surface area contributed by atoms with Gasteiger partial charge in [-0.3, -0.25) is 14.0 Å². The Bertz CT molecular complexity index is 1670. The Hall–Kier alpha value is -3.82. The third-order valence-electron chi connectivity index (χ3n) is 6.32. The predicted molar refractivity (Wildman–Crippen MR) is 138 cm³/mol. The Balaban J connectivity index is 1.89. The minimum atomic E-state index is -0.704. The van der Waals surface area contributed by atoms with E-state index in [2.05, 4.69) is 4.99 Å². The van der Waals surface area contributed by atoms with Crippen LogP contribution < -0.4 is 11.0 Å². The van der Waals surface area contributed by atoms with Crippen LogP contribution in [0.3, 0.4) is 0 Å². The second-order valence-corrected chi connectivity index (χ2v) is 9.19. The van der Waals surface area contributed by atoms with E-state index in [9.17, 15) is 14.4 Å². The SMILES string of the molecule is CCOC(=O)c1cc2c(=O)n3cccc(C)c3nc2n(C[C@H]2CCCO2)c1=NC(=O)c1ccccc1Cl. The lowest BCUT2D eigenvalue weighted by atomic mass is 10.1. The largest absolute Gasteiger partial charge is 0.462 e. The fourth-order valence-electron chi connectivity index (χ4n) is 4.52. The number of fused-ring (bicyclic) bond motifs is 2. The smallest absolute Gasteiger partial charge is 0.341 e. The lowest BCUT2D eigenvalue weighted by molar-refractivity contribution is 0.0521. The van der Waals surface area contributed by atoms with Crippen molar-refractivity contribution >= 4 is 40.2 Å². The van der Waals surface area contributed by atoms with E-state index in [4.69, 9.17) is 26.1 Å². The number of hydrogen-bond donors (Lipinski definition) is 0. The molecule has 1 aromatic carbocycles. The summed E-state index contributed by atoms with van der Waals surface area (Å²) in [6.45, 7) is 4.49. The molecule has 1 saturated heterocycles. The first-order valence-electron chi connectivity index (χ1n) is 12.1. The van der Waals surface area contributed by atoms with Gasteiger partial charge in [-0.2, -0.15) is 4.99 Å². The molecule has 1 fully saturated rings. The summed E-state index contributed by atoms with van der Waals surface area (Å²) < 4.78 is 14.2. The first-order chi connectivity index (χ1) is 17.9. The highest BCUT2D eigenvalue weighted by molar-refractivity contribution is 6.33. The molecule has 0 aliphatic carbocycles. The van der Waals surface area contributed by atoms with Gasteiger partial charge in [-0.05, 0) is 56.5 Å². The van der Waals surface area contributed by atoms with Crippen LogP contribution in [0, 0.1) is 6.92 Å². The molecule has 0 N–H and O–H groups in total. The molecule has 5 rings (SSSR count). The van der Waals surface area contributed by atoms with Gasteiger partial charge in [0, 0.05) is 12.8 Å². The van der Waals surface area contributed by atoms with Crippen LogP contribution in [0.2, 0.25) is 5.02 Å². The summed E-state index contributed by atoms with van der Waals surface area (Å²) in [5.74, 6) is -1.34. The van der Waals surface area contributed by atoms with Crippen molar-refractivity contribution in [3.8, 4) is 0 Å². The van der Waals surface area contributed by atoms with E-state index in [1.807, 2.05) is 13.0 Å². The minimum Gasteiger partial charge on any atom is -0.462 e. The fourth-order valence-corrected chi connectivity index (χ4v) is 4.74. The topological polar surface area (TPSA) is 104 Å². The molecule has 0 spiro atoms. The van der Waals surface area contributed by atoms with Gasteiger partial charge in [-0.15, -0.1) is 0 Å². The number of halogens is 1. The van der Waals surface area contributed by atoms with Gasteiger partial charge < -0.3 is 14.0 Å². The fraction of sp³-hybridized carbons (Fsp3) is 0.296. The average molecular weight is 521 g/mol. The number of rotatable bonds is 5. The number of esters is 1. The minimum absolute atomic E-state index is 0.0146. The third kappa shape index (κ3) is 4.68. The molecular formula is C27H25ClN4O5. The molecule has 1 aliphatic heterocycles. The molecule has 3 aromatic heterocycles. The highest BCUT2D eigenvalue weighted by Gasteiger charge is 2.24. The molecule has 1 atom stereocenters. The van der Waals surface area contributed by atoms with E-state index in [0.29, 0.717) is 17.9 Å². The maximum atomic E-state index is 13.6. The van der Waals surface area contributed by atoms with Gasteiger partial charge in [0.15, 0.2) is 5.49 Å². The molecule has 0 radical (unpaired) electrons. The molecule has 1 aliphatic rings. The standard InChI is InChI=1S/C27H25ClN4O5/c1-3-36-27(35)20-14-19-23(29-22-16(2)8-6-12-31(22)26(19)34)32(15-17-9-7-13-37-17)24(20)30-25(33)18-10-4-5-11-21(18)28/h4-6,8,10-12,14,17H,3,7,9,13,15H2,1-2H3/t17-/m1/s1. The van der Waals surface area contributed by atoms with Crippen molar-refractivity contribution in [2.75, 3.05) is 13.2 Å². The van der Waals surface area contributed by atoms with Crippen molar-refractivity contribution in [3.63, 3.8) is 0 Å². The number of benzene rings is 1. The van der Waals surface area contributed by atoms with Crippen molar-refractivity contribution in [2.45, 2.75) is 39.3 Å². The van der Waals surface area contributed by atoms with Crippen molar-refractivity contribution in [2.24, 2.45) is 4.99 Å². The molecule has 0 bridgehead atoms. The predicted octanol–water partition coefficient (Wildman–Crippen LogP) is 3.71. The Morgan fingerprint density at radius 1 is 1.19 bits per heavy atom. The maximum Gasteiger partial charge on any atom is 0.341 e. The highest BCUT2D eigenvalue weighted by Crippen LogP contribution is 2.19. The monoisotopic (exact) mass is 520 g/mol. The van der Waals surface area contributed by atoms with E-state index < -0.39 is 11.9 Å². The molecule has 4 heterocycles. The summed E-state index contributed by atoms with van der Waals surface area (Å²) >= 11 is 6.26.